The minimum atomic E-state index is -0.397. The molecule has 1 aromatic rings. The number of carbonyl (C=O) groups excluding carboxylic acids is 2. The molecule has 1 fully saturated rings. The topological polar surface area (TPSA) is 61.8 Å². The van der Waals surface area contributed by atoms with Crippen LogP contribution in [0.3, 0.4) is 0 Å². The Balaban J connectivity index is 1.54. The summed E-state index contributed by atoms with van der Waals surface area (Å²) in [5.41, 5.74) is 0.726. The van der Waals surface area contributed by atoms with Gasteiger partial charge in [-0.3, -0.25) is 9.59 Å². The summed E-state index contributed by atoms with van der Waals surface area (Å²) in [7, 11) is 0. The highest BCUT2D eigenvalue weighted by Crippen LogP contribution is 2.29. The second-order valence-corrected chi connectivity index (χ2v) is 7.38. The van der Waals surface area contributed by atoms with Crippen molar-refractivity contribution >= 4 is 50.4 Å². The van der Waals surface area contributed by atoms with Crippen molar-refractivity contribution < 1.29 is 9.59 Å². The number of hydrogen-bond acceptors (Lipinski definition) is 4. The van der Waals surface area contributed by atoms with Crippen LogP contribution in [0.25, 0.3) is 0 Å². The average Bonchev–Trinajstić information content (AvgIpc) is 3.12. The normalized spacial score (nSPS) is 21.1. The van der Waals surface area contributed by atoms with E-state index >= 15 is 0 Å². The Morgan fingerprint density at radius 1 is 1.32 bits per heavy atom. The van der Waals surface area contributed by atoms with Gasteiger partial charge in [-0.05, 0) is 37.1 Å². The van der Waals surface area contributed by atoms with Crippen molar-refractivity contribution in [2.75, 3.05) is 18.4 Å². The molecule has 1 N–H and O–H groups in total. The quantitative estimate of drug-likeness (QED) is 0.874. The van der Waals surface area contributed by atoms with E-state index in [4.69, 9.17) is 0 Å². The Morgan fingerprint density at radius 2 is 2.00 bits per heavy atom. The van der Waals surface area contributed by atoms with Gasteiger partial charge in [-0.25, -0.2) is 0 Å². The van der Waals surface area contributed by atoms with Crippen molar-refractivity contribution in [1.82, 2.24) is 4.90 Å². The van der Waals surface area contributed by atoms with E-state index < -0.39 is 5.25 Å². The number of amides is 2. The van der Waals surface area contributed by atoms with E-state index in [1.165, 1.54) is 11.8 Å². The van der Waals surface area contributed by atoms with Crippen molar-refractivity contribution in [3.05, 3.63) is 28.7 Å². The van der Waals surface area contributed by atoms with E-state index in [0.29, 0.717) is 0 Å². The SMILES string of the molecule is O=C(C[C@H]1SC(N2CCCC2)=NC1=O)Nc1ccc(Br)cc1. The number of halogens is 1. The lowest BCUT2D eigenvalue weighted by Crippen LogP contribution is -2.25. The maximum Gasteiger partial charge on any atom is 0.262 e. The van der Waals surface area contributed by atoms with Gasteiger partial charge >= 0.3 is 0 Å². The summed E-state index contributed by atoms with van der Waals surface area (Å²) in [6.45, 7) is 1.91. The first-order valence-electron chi connectivity index (χ1n) is 7.21. The van der Waals surface area contributed by atoms with Crippen molar-refractivity contribution in [3.8, 4) is 0 Å². The summed E-state index contributed by atoms with van der Waals surface area (Å²) in [6.07, 6.45) is 2.44. The summed E-state index contributed by atoms with van der Waals surface area (Å²) >= 11 is 4.76. The van der Waals surface area contributed by atoms with Crippen LogP contribution in [0, 0.1) is 0 Å². The number of rotatable bonds is 3. The van der Waals surface area contributed by atoms with E-state index in [1.807, 2.05) is 24.3 Å². The molecule has 0 radical (unpaired) electrons. The van der Waals surface area contributed by atoms with Crippen molar-refractivity contribution in [1.29, 1.82) is 0 Å². The summed E-state index contributed by atoms with van der Waals surface area (Å²) in [6, 6.07) is 7.36. The van der Waals surface area contributed by atoms with Gasteiger partial charge in [0.15, 0.2) is 5.17 Å². The van der Waals surface area contributed by atoms with Gasteiger partial charge in [0.05, 0.1) is 0 Å². The molecule has 3 rings (SSSR count). The smallest absolute Gasteiger partial charge is 0.262 e. The molecule has 2 amide bonds. The lowest BCUT2D eigenvalue weighted by Gasteiger charge is -2.16. The van der Waals surface area contributed by atoms with Gasteiger partial charge in [0.1, 0.15) is 5.25 Å². The van der Waals surface area contributed by atoms with Crippen LogP contribution >= 0.6 is 27.7 Å². The molecular formula is C15H16BrN3O2S. The van der Waals surface area contributed by atoms with Crippen molar-refractivity contribution in [2.24, 2.45) is 4.99 Å². The molecular weight excluding hydrogens is 366 g/mol. The largest absolute Gasteiger partial charge is 0.351 e. The van der Waals surface area contributed by atoms with Crippen LogP contribution in [-0.4, -0.2) is 40.2 Å². The minimum Gasteiger partial charge on any atom is -0.351 e. The molecule has 0 saturated carbocycles. The van der Waals surface area contributed by atoms with Crippen LogP contribution in [0.1, 0.15) is 19.3 Å². The summed E-state index contributed by atoms with van der Waals surface area (Å²) in [5, 5.41) is 3.20. The number of likely N-dealkylation sites (tertiary alicyclic amines) is 1. The molecule has 0 aliphatic carbocycles. The fraction of sp³-hybridized carbons (Fsp3) is 0.400. The van der Waals surface area contributed by atoms with Gasteiger partial charge in [0.25, 0.3) is 5.91 Å². The Bertz CT molecular complexity index is 612. The van der Waals surface area contributed by atoms with Gasteiger partial charge in [-0.1, -0.05) is 27.7 Å². The van der Waals surface area contributed by atoms with Gasteiger partial charge in [0, 0.05) is 29.7 Å². The molecule has 2 aliphatic heterocycles. The molecule has 1 saturated heterocycles. The van der Waals surface area contributed by atoms with Crippen LogP contribution in [-0.2, 0) is 9.59 Å². The van der Waals surface area contributed by atoms with Crippen molar-refractivity contribution in [2.45, 2.75) is 24.5 Å². The number of aliphatic imine (C=N–C) groups is 1. The molecule has 7 heteroatoms. The maximum atomic E-state index is 12.1. The number of anilines is 1. The van der Waals surface area contributed by atoms with E-state index in [1.54, 1.807) is 0 Å². The fourth-order valence-electron chi connectivity index (χ4n) is 2.47. The van der Waals surface area contributed by atoms with E-state index in [9.17, 15) is 9.59 Å². The fourth-order valence-corrected chi connectivity index (χ4v) is 3.85. The maximum absolute atomic E-state index is 12.1. The predicted octanol–water partition coefficient (Wildman–Crippen LogP) is 2.87. The van der Waals surface area contributed by atoms with Crippen molar-refractivity contribution in [3.63, 3.8) is 0 Å². The predicted molar refractivity (Wildman–Crippen MR) is 92.0 cm³/mol. The molecule has 1 atom stereocenters. The first kappa shape index (κ1) is 15.6. The average molecular weight is 382 g/mol. The first-order valence-corrected chi connectivity index (χ1v) is 8.88. The van der Waals surface area contributed by atoms with Crippen LogP contribution in [0.15, 0.2) is 33.7 Å². The minimum absolute atomic E-state index is 0.153. The second-order valence-electron chi connectivity index (χ2n) is 5.29. The zero-order chi connectivity index (χ0) is 15.5. The summed E-state index contributed by atoms with van der Waals surface area (Å²) in [5.74, 6) is -0.357. The molecule has 2 heterocycles. The Kier molecular flexibility index (Phi) is 4.83. The summed E-state index contributed by atoms with van der Waals surface area (Å²) in [4.78, 5) is 30.3. The second kappa shape index (κ2) is 6.83. The molecule has 1 aromatic carbocycles. The highest BCUT2D eigenvalue weighted by Gasteiger charge is 2.33. The van der Waals surface area contributed by atoms with E-state index in [0.717, 1.165) is 41.3 Å². The molecule has 0 unspecified atom stereocenters. The number of thioether (sulfide) groups is 1. The van der Waals surface area contributed by atoms with Crippen LogP contribution in [0.5, 0.6) is 0 Å². The third kappa shape index (κ3) is 3.70. The third-order valence-electron chi connectivity index (χ3n) is 3.60. The molecule has 5 nitrogen and oxygen atoms in total. The standard InChI is InChI=1S/C15H16BrN3O2S/c16-10-3-5-11(6-4-10)17-13(20)9-12-14(21)18-15(22-12)19-7-1-2-8-19/h3-6,12H,1-2,7-9H2,(H,17,20)/t12-/m1/s1. The summed E-state index contributed by atoms with van der Waals surface area (Å²) < 4.78 is 0.954. The molecule has 0 bridgehead atoms. The number of carbonyl (C=O) groups is 2. The van der Waals surface area contributed by atoms with E-state index in [2.05, 4.69) is 31.1 Å². The number of hydrogen-bond donors (Lipinski definition) is 1. The monoisotopic (exact) mass is 381 g/mol. The number of nitrogens with one attached hydrogen (secondary N) is 1. The van der Waals surface area contributed by atoms with Gasteiger partial charge in [-0.15, -0.1) is 0 Å². The van der Waals surface area contributed by atoms with Crippen LogP contribution in [0.4, 0.5) is 5.69 Å². The molecule has 22 heavy (non-hydrogen) atoms. The Hall–Kier alpha value is -1.34. The highest BCUT2D eigenvalue weighted by molar-refractivity contribution is 9.10. The third-order valence-corrected chi connectivity index (χ3v) is 5.35. The number of benzene rings is 1. The Morgan fingerprint density at radius 3 is 2.68 bits per heavy atom. The molecule has 0 spiro atoms. The molecule has 116 valence electrons. The van der Waals surface area contributed by atoms with Crippen LogP contribution < -0.4 is 5.32 Å². The Labute approximate surface area is 141 Å². The van der Waals surface area contributed by atoms with Crippen LogP contribution in [0.2, 0.25) is 0 Å². The first-order chi connectivity index (χ1) is 10.6. The van der Waals surface area contributed by atoms with Gasteiger partial charge < -0.3 is 10.2 Å². The zero-order valence-electron chi connectivity index (χ0n) is 11.9. The van der Waals surface area contributed by atoms with E-state index in [-0.39, 0.29) is 18.2 Å². The molecule has 2 aliphatic rings. The lowest BCUT2D eigenvalue weighted by molar-refractivity contribution is -0.121. The lowest BCUT2D eigenvalue weighted by atomic mass is 10.2. The number of nitrogens with zero attached hydrogens (tertiary/aromatic N) is 2. The van der Waals surface area contributed by atoms with Gasteiger partial charge in [0.2, 0.25) is 5.91 Å². The zero-order valence-corrected chi connectivity index (χ0v) is 14.3. The van der Waals surface area contributed by atoms with Gasteiger partial charge in [-0.2, -0.15) is 4.99 Å². The number of amidine groups is 1. The highest BCUT2D eigenvalue weighted by atomic mass is 79.9. The molecule has 0 aromatic heterocycles.